The van der Waals surface area contributed by atoms with Crippen molar-refractivity contribution >= 4 is 23.7 Å². The first-order valence-corrected chi connectivity index (χ1v) is 9.44. The lowest BCUT2D eigenvalue weighted by atomic mass is 9.98. The molecule has 1 amide bonds. The van der Waals surface area contributed by atoms with Gasteiger partial charge in [-0.15, -0.1) is 0 Å². The molecule has 1 N–H and O–H groups in total. The summed E-state index contributed by atoms with van der Waals surface area (Å²) in [6.45, 7) is 0. The molecule has 5 nitrogen and oxygen atoms in total. The summed E-state index contributed by atoms with van der Waals surface area (Å²) in [5.74, 6) is -1.19. The Balaban J connectivity index is 1.96. The molecule has 0 bridgehead atoms. The number of carbonyl (C=O) groups is 2. The fraction of sp³-hybridized carbons (Fsp3) is 0.130. The van der Waals surface area contributed by atoms with Crippen LogP contribution in [0.3, 0.4) is 0 Å². The number of carboxylic acids is 1. The molecule has 3 aromatic rings. The Morgan fingerprint density at radius 1 is 0.931 bits per heavy atom. The first kappa shape index (κ1) is 19.0. The standard InChI is InChI=1S/C23H18ClNO4/c1-29-23(28)25(21(22(26)27)18-12-6-7-13-19(18)24)20-16-10-4-2-8-14(16)15-9-3-5-11-17(15)20/h2-13,20-21H,1H3,(H,26,27)/t21-/m0/s1. The molecule has 0 saturated carbocycles. The van der Waals surface area contributed by atoms with E-state index in [2.05, 4.69) is 0 Å². The van der Waals surface area contributed by atoms with Crippen LogP contribution in [0.4, 0.5) is 4.79 Å². The number of nitrogens with zero attached hydrogens (tertiary/aromatic N) is 1. The van der Waals surface area contributed by atoms with E-state index in [0.29, 0.717) is 5.56 Å². The molecule has 0 saturated heterocycles. The fourth-order valence-electron chi connectivity index (χ4n) is 3.99. The zero-order valence-corrected chi connectivity index (χ0v) is 16.3. The number of rotatable bonds is 4. The fourth-order valence-corrected chi connectivity index (χ4v) is 4.23. The summed E-state index contributed by atoms with van der Waals surface area (Å²) in [4.78, 5) is 26.6. The normalized spacial score (nSPS) is 13.3. The number of hydrogen-bond acceptors (Lipinski definition) is 3. The number of ether oxygens (including phenoxy) is 1. The van der Waals surface area contributed by atoms with Gasteiger partial charge in [0.15, 0.2) is 6.04 Å². The summed E-state index contributed by atoms with van der Waals surface area (Å²) < 4.78 is 5.03. The third kappa shape index (κ3) is 3.13. The molecule has 0 fully saturated rings. The van der Waals surface area contributed by atoms with Gasteiger partial charge in [0.1, 0.15) is 0 Å². The minimum atomic E-state index is -1.32. The lowest BCUT2D eigenvalue weighted by Crippen LogP contribution is -2.41. The topological polar surface area (TPSA) is 66.8 Å². The van der Waals surface area contributed by atoms with E-state index in [1.54, 1.807) is 24.3 Å². The maximum absolute atomic E-state index is 12.9. The lowest BCUT2D eigenvalue weighted by Gasteiger charge is -2.34. The van der Waals surface area contributed by atoms with Gasteiger partial charge in [-0.1, -0.05) is 78.3 Å². The average Bonchev–Trinajstić information content (AvgIpc) is 3.06. The Bertz CT molecular complexity index is 1050. The van der Waals surface area contributed by atoms with Crippen molar-refractivity contribution < 1.29 is 19.4 Å². The van der Waals surface area contributed by atoms with Crippen molar-refractivity contribution in [3.63, 3.8) is 0 Å². The van der Waals surface area contributed by atoms with Crippen LogP contribution >= 0.6 is 11.6 Å². The van der Waals surface area contributed by atoms with Gasteiger partial charge in [0.05, 0.1) is 13.2 Å². The molecule has 3 aromatic carbocycles. The summed E-state index contributed by atoms with van der Waals surface area (Å²) in [5.41, 5.74) is 3.94. The van der Waals surface area contributed by atoms with E-state index in [0.717, 1.165) is 22.3 Å². The van der Waals surface area contributed by atoms with E-state index >= 15 is 0 Å². The van der Waals surface area contributed by atoms with Crippen LogP contribution in [0.15, 0.2) is 72.8 Å². The highest BCUT2D eigenvalue weighted by Crippen LogP contribution is 2.49. The van der Waals surface area contributed by atoms with Gasteiger partial charge in [0.2, 0.25) is 0 Å². The first-order valence-electron chi connectivity index (χ1n) is 9.06. The van der Waals surface area contributed by atoms with Gasteiger partial charge in [-0.05, 0) is 28.3 Å². The number of fused-ring (bicyclic) bond motifs is 3. The third-order valence-electron chi connectivity index (χ3n) is 5.18. The lowest BCUT2D eigenvalue weighted by molar-refractivity contribution is -0.143. The number of carbonyl (C=O) groups excluding carboxylic acids is 1. The predicted molar refractivity (Wildman–Crippen MR) is 110 cm³/mol. The Labute approximate surface area is 173 Å². The van der Waals surface area contributed by atoms with E-state index in [-0.39, 0.29) is 5.02 Å². The molecule has 6 heteroatoms. The number of methoxy groups -OCH3 is 1. The Hall–Kier alpha value is -3.31. The van der Waals surface area contributed by atoms with E-state index < -0.39 is 24.1 Å². The number of halogens is 1. The summed E-state index contributed by atoms with van der Waals surface area (Å²) in [5, 5.41) is 10.4. The second-order valence-corrected chi connectivity index (χ2v) is 7.12. The molecule has 0 heterocycles. The largest absolute Gasteiger partial charge is 0.479 e. The molecule has 1 aliphatic rings. The van der Waals surface area contributed by atoms with Gasteiger partial charge in [-0.25, -0.2) is 9.59 Å². The second kappa shape index (κ2) is 7.60. The Morgan fingerprint density at radius 2 is 1.45 bits per heavy atom. The minimum Gasteiger partial charge on any atom is -0.479 e. The highest BCUT2D eigenvalue weighted by Gasteiger charge is 2.43. The highest BCUT2D eigenvalue weighted by atomic mass is 35.5. The number of amides is 1. The molecule has 146 valence electrons. The molecule has 1 aliphatic carbocycles. The van der Waals surface area contributed by atoms with Gasteiger partial charge in [-0.3, -0.25) is 4.90 Å². The van der Waals surface area contributed by atoms with Gasteiger partial charge in [0, 0.05) is 10.6 Å². The molecule has 0 aromatic heterocycles. The number of hydrogen-bond donors (Lipinski definition) is 1. The molecule has 0 unspecified atom stereocenters. The predicted octanol–water partition coefficient (Wildman–Crippen LogP) is 5.30. The quantitative estimate of drug-likeness (QED) is 0.636. The summed E-state index contributed by atoms with van der Waals surface area (Å²) in [6, 6.07) is 20.0. The highest BCUT2D eigenvalue weighted by molar-refractivity contribution is 6.31. The van der Waals surface area contributed by atoms with Crippen LogP contribution in [0.2, 0.25) is 5.02 Å². The summed E-state index contributed by atoms with van der Waals surface area (Å²) in [7, 11) is 1.24. The van der Waals surface area contributed by atoms with Crippen molar-refractivity contribution in [2.45, 2.75) is 12.1 Å². The maximum Gasteiger partial charge on any atom is 0.411 e. The van der Waals surface area contributed by atoms with Crippen LogP contribution in [0.1, 0.15) is 28.8 Å². The maximum atomic E-state index is 12.9. The second-order valence-electron chi connectivity index (χ2n) is 6.72. The molecular formula is C23H18ClNO4. The van der Waals surface area contributed by atoms with Crippen LogP contribution in [-0.2, 0) is 9.53 Å². The Kier molecular flexibility index (Phi) is 4.99. The van der Waals surface area contributed by atoms with Crippen molar-refractivity contribution in [3.8, 4) is 11.1 Å². The number of benzene rings is 3. The Morgan fingerprint density at radius 3 is 1.97 bits per heavy atom. The van der Waals surface area contributed by atoms with Crippen molar-refractivity contribution in [2.24, 2.45) is 0 Å². The van der Waals surface area contributed by atoms with Crippen LogP contribution in [0.5, 0.6) is 0 Å². The first-order chi connectivity index (χ1) is 14.0. The third-order valence-corrected chi connectivity index (χ3v) is 5.52. The van der Waals surface area contributed by atoms with Gasteiger partial charge < -0.3 is 9.84 Å². The monoisotopic (exact) mass is 407 g/mol. The molecule has 0 radical (unpaired) electrons. The van der Waals surface area contributed by atoms with Gasteiger partial charge in [-0.2, -0.15) is 0 Å². The zero-order chi connectivity index (χ0) is 20.5. The van der Waals surface area contributed by atoms with Crippen molar-refractivity contribution in [1.29, 1.82) is 0 Å². The zero-order valence-electron chi connectivity index (χ0n) is 15.6. The van der Waals surface area contributed by atoms with Gasteiger partial charge in [0.25, 0.3) is 0 Å². The van der Waals surface area contributed by atoms with Gasteiger partial charge >= 0.3 is 12.1 Å². The minimum absolute atomic E-state index is 0.272. The van der Waals surface area contributed by atoms with E-state index in [1.165, 1.54) is 12.0 Å². The van der Waals surface area contributed by atoms with Crippen molar-refractivity contribution in [3.05, 3.63) is 94.5 Å². The average molecular weight is 408 g/mol. The van der Waals surface area contributed by atoms with Crippen LogP contribution in [0, 0.1) is 0 Å². The van der Waals surface area contributed by atoms with Crippen LogP contribution < -0.4 is 0 Å². The molecule has 0 spiro atoms. The molecule has 1 atom stereocenters. The number of carboxylic acid groups (broad SMARTS) is 1. The van der Waals surface area contributed by atoms with E-state index in [1.807, 2.05) is 48.5 Å². The molecule has 29 heavy (non-hydrogen) atoms. The SMILES string of the molecule is COC(=O)N(C1c2ccccc2-c2ccccc21)[C@H](C(=O)O)c1ccccc1Cl. The molecule has 4 rings (SSSR count). The van der Waals surface area contributed by atoms with E-state index in [4.69, 9.17) is 16.3 Å². The summed E-state index contributed by atoms with van der Waals surface area (Å²) in [6.07, 6.45) is -0.742. The smallest absolute Gasteiger partial charge is 0.411 e. The van der Waals surface area contributed by atoms with E-state index in [9.17, 15) is 14.7 Å². The molecular weight excluding hydrogens is 390 g/mol. The van der Waals surface area contributed by atoms with Crippen LogP contribution in [-0.4, -0.2) is 29.2 Å². The van der Waals surface area contributed by atoms with Crippen molar-refractivity contribution in [2.75, 3.05) is 7.11 Å². The molecule has 0 aliphatic heterocycles. The van der Waals surface area contributed by atoms with Crippen molar-refractivity contribution in [1.82, 2.24) is 4.90 Å². The summed E-state index contributed by atoms with van der Waals surface area (Å²) >= 11 is 6.32. The van der Waals surface area contributed by atoms with Crippen LogP contribution in [0.25, 0.3) is 11.1 Å². The number of aliphatic carboxylic acids is 1.